The van der Waals surface area contributed by atoms with Gasteiger partial charge in [-0.15, -0.1) is 0 Å². The number of hydrogen-bond acceptors (Lipinski definition) is 6. The topological polar surface area (TPSA) is 111 Å². The zero-order valence-electron chi connectivity index (χ0n) is 15.7. The Hall–Kier alpha value is -4.07. The molecular formula is C21H16N4O4. The minimum absolute atomic E-state index is 0.0613. The number of nitro groups is 1. The second-order valence-corrected chi connectivity index (χ2v) is 6.53. The van der Waals surface area contributed by atoms with Crippen LogP contribution in [0.3, 0.4) is 0 Å². The number of aryl methyl sites for hydroxylation is 1. The number of fused-ring (bicyclic) bond motifs is 1. The highest BCUT2D eigenvalue weighted by Crippen LogP contribution is 2.29. The first-order chi connectivity index (χ1) is 14.0. The molecule has 0 radical (unpaired) electrons. The molecule has 0 spiro atoms. The van der Waals surface area contributed by atoms with Crippen molar-refractivity contribution >= 4 is 28.4 Å². The Labute approximate surface area is 165 Å². The Morgan fingerprint density at radius 1 is 1.10 bits per heavy atom. The van der Waals surface area contributed by atoms with E-state index in [4.69, 9.17) is 4.52 Å². The third kappa shape index (κ3) is 3.31. The third-order valence-corrected chi connectivity index (χ3v) is 4.68. The summed E-state index contributed by atoms with van der Waals surface area (Å²) in [5.74, 6) is -0.426. The molecular weight excluding hydrogens is 372 g/mol. The maximum Gasteiger partial charge on any atom is 0.274 e. The molecule has 0 unspecified atom stereocenters. The van der Waals surface area contributed by atoms with Gasteiger partial charge < -0.3 is 9.84 Å². The van der Waals surface area contributed by atoms with Crippen LogP contribution in [-0.4, -0.2) is 21.0 Å². The summed E-state index contributed by atoms with van der Waals surface area (Å²) >= 11 is 0. The van der Waals surface area contributed by atoms with Crippen molar-refractivity contribution in [1.29, 1.82) is 0 Å². The number of rotatable bonds is 4. The molecule has 0 aliphatic rings. The molecule has 8 nitrogen and oxygen atoms in total. The molecule has 2 heterocycles. The maximum absolute atomic E-state index is 13.1. The zero-order valence-corrected chi connectivity index (χ0v) is 15.7. The number of aromatic nitrogens is 2. The summed E-state index contributed by atoms with van der Waals surface area (Å²) in [7, 11) is 0. The molecule has 29 heavy (non-hydrogen) atoms. The number of carbonyl (C=O) groups excluding carboxylic acids is 1. The second-order valence-electron chi connectivity index (χ2n) is 6.53. The maximum atomic E-state index is 13.1. The SMILES string of the molecule is Cc1c(NC(=O)c2cc(-c3ccccc3)nc3onc(C)c23)cccc1[N+](=O)[O-]. The first kappa shape index (κ1) is 18.3. The van der Waals surface area contributed by atoms with E-state index in [1.807, 2.05) is 30.3 Å². The van der Waals surface area contributed by atoms with Gasteiger partial charge in [0.2, 0.25) is 0 Å². The molecule has 2 aromatic carbocycles. The first-order valence-electron chi connectivity index (χ1n) is 8.83. The normalized spacial score (nSPS) is 10.8. The summed E-state index contributed by atoms with van der Waals surface area (Å²) in [5, 5.41) is 18.4. The smallest absolute Gasteiger partial charge is 0.274 e. The number of benzene rings is 2. The summed E-state index contributed by atoms with van der Waals surface area (Å²) in [5.41, 5.74) is 3.19. The average Bonchev–Trinajstić information content (AvgIpc) is 3.10. The number of anilines is 1. The van der Waals surface area contributed by atoms with Crippen molar-refractivity contribution in [3.63, 3.8) is 0 Å². The summed E-state index contributed by atoms with van der Waals surface area (Å²) in [6, 6.07) is 15.6. The third-order valence-electron chi connectivity index (χ3n) is 4.68. The first-order valence-corrected chi connectivity index (χ1v) is 8.83. The van der Waals surface area contributed by atoms with Crippen molar-refractivity contribution in [3.05, 3.63) is 81.5 Å². The van der Waals surface area contributed by atoms with E-state index >= 15 is 0 Å². The fraction of sp³-hybridized carbons (Fsp3) is 0.0952. The molecule has 4 rings (SSSR count). The highest BCUT2D eigenvalue weighted by atomic mass is 16.6. The number of pyridine rings is 1. The van der Waals surface area contributed by atoms with Crippen LogP contribution >= 0.6 is 0 Å². The second kappa shape index (κ2) is 7.16. The van der Waals surface area contributed by atoms with Crippen molar-refractivity contribution in [3.8, 4) is 11.3 Å². The van der Waals surface area contributed by atoms with Crippen molar-refractivity contribution in [2.45, 2.75) is 13.8 Å². The van der Waals surface area contributed by atoms with Crippen molar-refractivity contribution in [2.24, 2.45) is 0 Å². The van der Waals surface area contributed by atoms with Gasteiger partial charge in [-0.3, -0.25) is 14.9 Å². The minimum atomic E-state index is -0.479. The van der Waals surface area contributed by atoms with E-state index in [1.165, 1.54) is 12.1 Å². The number of hydrogen-bond donors (Lipinski definition) is 1. The van der Waals surface area contributed by atoms with Crippen molar-refractivity contribution < 1.29 is 14.2 Å². The number of nitrogens with one attached hydrogen (secondary N) is 1. The van der Waals surface area contributed by atoms with Crippen LogP contribution in [0.4, 0.5) is 11.4 Å². The van der Waals surface area contributed by atoms with E-state index in [2.05, 4.69) is 15.5 Å². The van der Waals surface area contributed by atoms with Crippen LogP contribution < -0.4 is 5.32 Å². The van der Waals surface area contributed by atoms with Gasteiger partial charge in [-0.2, -0.15) is 0 Å². The van der Waals surface area contributed by atoms with Gasteiger partial charge in [0.05, 0.1) is 38.5 Å². The Bertz CT molecular complexity index is 1250. The zero-order chi connectivity index (χ0) is 20.5. The molecule has 0 saturated carbocycles. The van der Waals surface area contributed by atoms with Crippen LogP contribution in [0.25, 0.3) is 22.4 Å². The summed E-state index contributed by atoms with van der Waals surface area (Å²) in [6.07, 6.45) is 0. The number of nitro benzene ring substituents is 1. The van der Waals surface area contributed by atoms with Crippen molar-refractivity contribution in [2.75, 3.05) is 5.32 Å². The van der Waals surface area contributed by atoms with Gasteiger partial charge in [-0.25, -0.2) is 4.98 Å². The molecule has 0 atom stereocenters. The molecule has 144 valence electrons. The standard InChI is InChI=1S/C21H16N4O4/c1-12-16(9-6-10-18(12)25(27)28)22-20(26)15-11-17(14-7-4-3-5-8-14)23-21-19(15)13(2)24-29-21/h3-11H,1-2H3,(H,22,26). The van der Waals surface area contributed by atoms with Gasteiger partial charge in [0, 0.05) is 11.6 Å². The molecule has 4 aromatic rings. The molecule has 0 aliphatic carbocycles. The molecule has 1 N–H and O–H groups in total. The molecule has 1 amide bonds. The van der Waals surface area contributed by atoms with Crippen LogP contribution in [0.1, 0.15) is 21.6 Å². The van der Waals surface area contributed by atoms with Crippen LogP contribution in [0, 0.1) is 24.0 Å². The molecule has 8 heteroatoms. The van der Waals surface area contributed by atoms with Crippen LogP contribution in [-0.2, 0) is 0 Å². The fourth-order valence-electron chi connectivity index (χ4n) is 3.18. The Balaban J connectivity index is 1.81. The van der Waals surface area contributed by atoms with E-state index < -0.39 is 10.8 Å². The summed E-state index contributed by atoms with van der Waals surface area (Å²) in [6.45, 7) is 3.32. The highest BCUT2D eigenvalue weighted by Gasteiger charge is 2.21. The molecule has 0 fully saturated rings. The van der Waals surface area contributed by atoms with E-state index in [1.54, 1.807) is 26.0 Å². The molecule has 0 bridgehead atoms. The van der Waals surface area contributed by atoms with Gasteiger partial charge in [-0.1, -0.05) is 41.6 Å². The van der Waals surface area contributed by atoms with Crippen LogP contribution in [0.2, 0.25) is 0 Å². The molecule has 0 aliphatic heterocycles. The van der Waals surface area contributed by atoms with Gasteiger partial charge in [-0.05, 0) is 26.0 Å². The summed E-state index contributed by atoms with van der Waals surface area (Å²) < 4.78 is 5.30. The monoisotopic (exact) mass is 388 g/mol. The molecule has 0 saturated heterocycles. The van der Waals surface area contributed by atoms with E-state index in [-0.39, 0.29) is 11.4 Å². The van der Waals surface area contributed by atoms with Gasteiger partial charge in [0.25, 0.3) is 17.3 Å². The predicted octanol–water partition coefficient (Wildman–Crippen LogP) is 4.67. The Morgan fingerprint density at radius 3 is 2.59 bits per heavy atom. The predicted molar refractivity (Wildman–Crippen MR) is 108 cm³/mol. The average molecular weight is 388 g/mol. The lowest BCUT2D eigenvalue weighted by atomic mass is 10.0. The lowest BCUT2D eigenvalue weighted by molar-refractivity contribution is -0.385. The van der Waals surface area contributed by atoms with Gasteiger partial charge >= 0.3 is 0 Å². The summed E-state index contributed by atoms with van der Waals surface area (Å²) in [4.78, 5) is 28.3. The number of amides is 1. The lowest BCUT2D eigenvalue weighted by Crippen LogP contribution is -2.14. The van der Waals surface area contributed by atoms with Crippen LogP contribution in [0.15, 0.2) is 59.1 Å². The fourth-order valence-corrected chi connectivity index (χ4v) is 3.18. The van der Waals surface area contributed by atoms with E-state index in [9.17, 15) is 14.9 Å². The molecule has 2 aromatic heterocycles. The number of nitrogens with zero attached hydrogens (tertiary/aromatic N) is 3. The highest BCUT2D eigenvalue weighted by molar-refractivity contribution is 6.13. The lowest BCUT2D eigenvalue weighted by Gasteiger charge is -2.10. The minimum Gasteiger partial charge on any atom is -0.335 e. The van der Waals surface area contributed by atoms with Crippen LogP contribution in [0.5, 0.6) is 0 Å². The van der Waals surface area contributed by atoms with Gasteiger partial charge in [0.1, 0.15) is 0 Å². The number of carbonyl (C=O) groups is 1. The van der Waals surface area contributed by atoms with Crippen molar-refractivity contribution in [1.82, 2.24) is 10.1 Å². The Morgan fingerprint density at radius 2 is 1.86 bits per heavy atom. The van der Waals surface area contributed by atoms with E-state index in [0.717, 1.165) is 5.56 Å². The quantitative estimate of drug-likeness (QED) is 0.402. The van der Waals surface area contributed by atoms with Gasteiger partial charge in [0.15, 0.2) is 0 Å². The largest absolute Gasteiger partial charge is 0.335 e. The Kier molecular flexibility index (Phi) is 4.52. The van der Waals surface area contributed by atoms with E-state index in [0.29, 0.717) is 33.6 Å².